The number of aryl methyl sites for hydroxylation is 5. The first-order chi connectivity index (χ1) is 11.7. The van der Waals surface area contributed by atoms with Gasteiger partial charge >= 0.3 is 6.11 Å². The predicted octanol–water partition coefficient (Wildman–Crippen LogP) is 6.48. The van der Waals surface area contributed by atoms with E-state index in [-0.39, 0.29) is 11.3 Å². The molecule has 25 heavy (non-hydrogen) atoms. The molecule has 0 saturated heterocycles. The van der Waals surface area contributed by atoms with Gasteiger partial charge < -0.3 is 4.74 Å². The largest absolute Gasteiger partial charge is 0.429 e. The minimum absolute atomic E-state index is 0.0502. The molecule has 134 valence electrons. The van der Waals surface area contributed by atoms with Crippen LogP contribution in [0.4, 0.5) is 8.78 Å². The van der Waals surface area contributed by atoms with Crippen LogP contribution in [-0.4, -0.2) is 0 Å². The summed E-state index contributed by atoms with van der Waals surface area (Å²) in [6, 6.07) is 6.96. The van der Waals surface area contributed by atoms with E-state index in [0.29, 0.717) is 11.1 Å². The highest BCUT2D eigenvalue weighted by Gasteiger charge is 2.38. The van der Waals surface area contributed by atoms with Crippen molar-refractivity contribution in [1.82, 2.24) is 0 Å². The van der Waals surface area contributed by atoms with Crippen molar-refractivity contribution in [3.05, 3.63) is 75.9 Å². The first-order valence-electron chi connectivity index (χ1n) is 8.52. The van der Waals surface area contributed by atoms with Crippen molar-refractivity contribution in [2.45, 2.75) is 53.6 Å². The van der Waals surface area contributed by atoms with Crippen LogP contribution in [0.25, 0.3) is 0 Å². The van der Waals surface area contributed by atoms with Gasteiger partial charge in [0.1, 0.15) is 5.75 Å². The molecule has 0 heterocycles. The fourth-order valence-electron chi connectivity index (χ4n) is 3.18. The Bertz CT molecular complexity index is 745. The average molecular weight is 344 g/mol. The lowest BCUT2D eigenvalue weighted by atomic mass is 9.96. The summed E-state index contributed by atoms with van der Waals surface area (Å²) < 4.78 is 34.9. The van der Waals surface area contributed by atoms with E-state index in [4.69, 9.17) is 4.74 Å². The van der Waals surface area contributed by atoms with Crippen LogP contribution in [0.2, 0.25) is 0 Å². The molecule has 0 aliphatic heterocycles. The molecule has 0 saturated carbocycles. The monoisotopic (exact) mass is 344 g/mol. The Balaban J connectivity index is 2.37. The zero-order chi connectivity index (χ0) is 18.8. The highest BCUT2D eigenvalue weighted by Crippen LogP contribution is 2.37. The predicted molar refractivity (Wildman–Crippen MR) is 99.6 cm³/mol. The van der Waals surface area contributed by atoms with Crippen molar-refractivity contribution in [1.29, 1.82) is 0 Å². The van der Waals surface area contributed by atoms with E-state index in [2.05, 4.69) is 6.58 Å². The van der Waals surface area contributed by atoms with Crippen LogP contribution in [-0.2, 0) is 12.5 Å². The standard InChI is InChI=1S/C22H26F2O/c1-7-8-9-19-10-16(4)21(17(5)11-19)22(23,24)25-20-12-14(2)18(6)15(3)13-20/h7,10-13H,1,8-9H2,2-6H3. The zero-order valence-electron chi connectivity index (χ0n) is 15.7. The summed E-state index contributed by atoms with van der Waals surface area (Å²) in [5.74, 6) is 0.195. The molecule has 0 bridgehead atoms. The Hall–Kier alpha value is -2.16. The Labute approximate surface area is 149 Å². The number of alkyl halides is 2. The molecule has 0 fully saturated rings. The SMILES string of the molecule is C=CCCc1cc(C)c(C(F)(F)Oc2cc(C)c(C)c(C)c2)c(C)c1. The van der Waals surface area contributed by atoms with E-state index >= 15 is 0 Å². The van der Waals surface area contributed by atoms with Gasteiger partial charge in [0, 0.05) is 0 Å². The number of ether oxygens (including phenoxy) is 1. The molecule has 0 aliphatic rings. The second kappa shape index (κ2) is 7.38. The minimum atomic E-state index is -3.38. The molecule has 0 aromatic heterocycles. The molecule has 1 nitrogen and oxygen atoms in total. The highest BCUT2D eigenvalue weighted by molar-refractivity contribution is 5.43. The molecular formula is C22H26F2O. The van der Waals surface area contributed by atoms with Crippen molar-refractivity contribution in [3.63, 3.8) is 0 Å². The summed E-state index contributed by atoms with van der Waals surface area (Å²) in [5, 5.41) is 0. The van der Waals surface area contributed by atoms with Crippen LogP contribution in [0, 0.1) is 34.6 Å². The lowest BCUT2D eigenvalue weighted by Crippen LogP contribution is -2.24. The number of allylic oxidation sites excluding steroid dienone is 1. The number of benzene rings is 2. The maximum atomic E-state index is 14.9. The fourth-order valence-corrected chi connectivity index (χ4v) is 3.18. The van der Waals surface area contributed by atoms with Crippen LogP contribution in [0.1, 0.15) is 45.4 Å². The number of halogens is 2. The molecule has 3 heteroatoms. The van der Waals surface area contributed by atoms with Crippen LogP contribution in [0.15, 0.2) is 36.9 Å². The lowest BCUT2D eigenvalue weighted by molar-refractivity contribution is -0.186. The van der Waals surface area contributed by atoms with Crippen LogP contribution in [0.5, 0.6) is 5.75 Å². The van der Waals surface area contributed by atoms with Crippen molar-refractivity contribution < 1.29 is 13.5 Å². The van der Waals surface area contributed by atoms with E-state index in [9.17, 15) is 8.78 Å². The number of hydrogen-bond donors (Lipinski definition) is 0. The van der Waals surface area contributed by atoms with E-state index in [0.717, 1.165) is 35.1 Å². The van der Waals surface area contributed by atoms with Gasteiger partial charge in [-0.05, 0) is 93.0 Å². The summed E-state index contributed by atoms with van der Waals surface area (Å²) in [4.78, 5) is 0. The van der Waals surface area contributed by atoms with E-state index in [1.807, 2.05) is 39.0 Å². The normalized spacial score (nSPS) is 11.5. The fraction of sp³-hybridized carbons (Fsp3) is 0.364. The van der Waals surface area contributed by atoms with Gasteiger partial charge in [-0.3, -0.25) is 0 Å². The Morgan fingerprint density at radius 1 is 0.920 bits per heavy atom. The Morgan fingerprint density at radius 3 is 1.92 bits per heavy atom. The molecule has 0 radical (unpaired) electrons. The van der Waals surface area contributed by atoms with Crippen molar-refractivity contribution in [3.8, 4) is 5.75 Å². The van der Waals surface area contributed by atoms with Crippen LogP contribution >= 0.6 is 0 Å². The zero-order valence-corrected chi connectivity index (χ0v) is 15.7. The van der Waals surface area contributed by atoms with Crippen molar-refractivity contribution in [2.24, 2.45) is 0 Å². The molecule has 0 spiro atoms. The van der Waals surface area contributed by atoms with Gasteiger partial charge in [0.15, 0.2) is 0 Å². The van der Waals surface area contributed by atoms with E-state index in [1.54, 1.807) is 26.0 Å². The summed E-state index contributed by atoms with van der Waals surface area (Å²) in [7, 11) is 0. The number of rotatable bonds is 6. The van der Waals surface area contributed by atoms with E-state index in [1.165, 1.54) is 0 Å². The maximum absolute atomic E-state index is 14.9. The first kappa shape index (κ1) is 19.2. The molecule has 2 rings (SSSR count). The summed E-state index contributed by atoms with van der Waals surface area (Å²) >= 11 is 0. The molecule has 0 atom stereocenters. The second-order valence-corrected chi connectivity index (χ2v) is 6.73. The quantitative estimate of drug-likeness (QED) is 0.545. The van der Waals surface area contributed by atoms with Gasteiger partial charge in [0.05, 0.1) is 5.56 Å². The molecular weight excluding hydrogens is 318 g/mol. The highest BCUT2D eigenvalue weighted by atomic mass is 19.3. The Morgan fingerprint density at radius 2 is 1.44 bits per heavy atom. The third kappa shape index (κ3) is 4.28. The first-order valence-corrected chi connectivity index (χ1v) is 8.52. The average Bonchev–Trinajstić information content (AvgIpc) is 2.49. The van der Waals surface area contributed by atoms with Gasteiger partial charge in [-0.1, -0.05) is 18.2 Å². The summed E-state index contributed by atoms with van der Waals surface area (Å²) in [6.07, 6.45) is 0.0822. The topological polar surface area (TPSA) is 9.23 Å². The van der Waals surface area contributed by atoms with Gasteiger partial charge in [-0.15, -0.1) is 6.58 Å². The molecule has 0 N–H and O–H groups in total. The van der Waals surface area contributed by atoms with Gasteiger partial charge in [0.2, 0.25) is 0 Å². The molecule has 0 unspecified atom stereocenters. The van der Waals surface area contributed by atoms with Crippen LogP contribution in [0.3, 0.4) is 0 Å². The van der Waals surface area contributed by atoms with E-state index < -0.39 is 6.11 Å². The van der Waals surface area contributed by atoms with Gasteiger partial charge in [-0.2, -0.15) is 8.78 Å². The third-order valence-electron chi connectivity index (χ3n) is 4.67. The van der Waals surface area contributed by atoms with Crippen molar-refractivity contribution >= 4 is 0 Å². The van der Waals surface area contributed by atoms with Gasteiger partial charge in [-0.25, -0.2) is 0 Å². The number of hydrogen-bond acceptors (Lipinski definition) is 1. The van der Waals surface area contributed by atoms with Gasteiger partial charge in [0.25, 0.3) is 0 Å². The summed E-state index contributed by atoms with van der Waals surface area (Å²) in [6.45, 7) is 12.9. The summed E-state index contributed by atoms with van der Waals surface area (Å²) in [5.41, 5.74) is 5.06. The third-order valence-corrected chi connectivity index (χ3v) is 4.67. The molecule has 0 amide bonds. The molecule has 2 aromatic rings. The molecule has 0 aliphatic carbocycles. The maximum Gasteiger partial charge on any atom is 0.427 e. The smallest absolute Gasteiger partial charge is 0.427 e. The molecule has 2 aromatic carbocycles. The van der Waals surface area contributed by atoms with Crippen LogP contribution < -0.4 is 4.74 Å². The Kier molecular flexibility index (Phi) is 5.66. The van der Waals surface area contributed by atoms with Crippen molar-refractivity contribution in [2.75, 3.05) is 0 Å². The lowest BCUT2D eigenvalue weighted by Gasteiger charge is -2.23. The minimum Gasteiger partial charge on any atom is -0.429 e. The second-order valence-electron chi connectivity index (χ2n) is 6.73.